The molecule has 0 unspecified atom stereocenters. The number of thiocarbonyl (C=S) groups is 1. The SMILES string of the molecule is CCOC(=O)c1c(C)nn(C)c1NC(=S)Nc1ccccc1C. The maximum Gasteiger partial charge on any atom is 0.343 e. The van der Waals surface area contributed by atoms with Crippen molar-refractivity contribution in [3.05, 3.63) is 41.1 Å². The van der Waals surface area contributed by atoms with Gasteiger partial charge in [-0.2, -0.15) is 5.10 Å². The van der Waals surface area contributed by atoms with Crippen LogP contribution in [0.5, 0.6) is 0 Å². The minimum Gasteiger partial charge on any atom is -0.462 e. The standard InChI is InChI=1S/C16H20N4O2S/c1-5-22-15(21)13-11(3)19-20(4)14(13)18-16(23)17-12-9-7-6-8-10(12)2/h6-9H,5H2,1-4H3,(H2,17,18,23). The molecule has 0 amide bonds. The second-order valence-electron chi connectivity index (χ2n) is 5.05. The number of aromatic nitrogens is 2. The number of esters is 1. The molecule has 1 heterocycles. The third-order valence-corrected chi connectivity index (χ3v) is 3.53. The highest BCUT2D eigenvalue weighted by atomic mass is 32.1. The zero-order valence-corrected chi connectivity index (χ0v) is 14.5. The van der Waals surface area contributed by atoms with Crippen molar-refractivity contribution in [2.24, 2.45) is 7.05 Å². The Bertz CT molecular complexity index is 740. The molecule has 0 saturated carbocycles. The van der Waals surface area contributed by atoms with Gasteiger partial charge in [0.05, 0.1) is 12.3 Å². The molecule has 0 radical (unpaired) electrons. The number of benzene rings is 1. The van der Waals surface area contributed by atoms with Gasteiger partial charge in [-0.25, -0.2) is 4.79 Å². The van der Waals surface area contributed by atoms with Crippen LogP contribution in [0.15, 0.2) is 24.3 Å². The van der Waals surface area contributed by atoms with Crippen molar-refractivity contribution in [3.63, 3.8) is 0 Å². The van der Waals surface area contributed by atoms with Crippen LogP contribution < -0.4 is 10.6 Å². The number of carbonyl (C=O) groups excluding carboxylic acids is 1. The number of hydrogen-bond acceptors (Lipinski definition) is 4. The summed E-state index contributed by atoms with van der Waals surface area (Å²) in [5.41, 5.74) is 2.96. The minimum absolute atomic E-state index is 0.304. The first-order valence-electron chi connectivity index (χ1n) is 7.28. The molecule has 0 saturated heterocycles. The molecule has 6 nitrogen and oxygen atoms in total. The summed E-state index contributed by atoms with van der Waals surface area (Å²) in [6.45, 7) is 5.82. The van der Waals surface area contributed by atoms with E-state index in [9.17, 15) is 4.79 Å². The maximum atomic E-state index is 12.1. The van der Waals surface area contributed by atoms with Gasteiger partial charge in [-0.3, -0.25) is 4.68 Å². The van der Waals surface area contributed by atoms with Crippen molar-refractivity contribution < 1.29 is 9.53 Å². The second-order valence-corrected chi connectivity index (χ2v) is 5.46. The number of para-hydroxylation sites is 1. The number of ether oxygens (including phenoxy) is 1. The molecule has 1 aromatic heterocycles. The number of nitrogens with one attached hydrogen (secondary N) is 2. The molecule has 0 bridgehead atoms. The lowest BCUT2D eigenvalue weighted by atomic mass is 10.2. The topological polar surface area (TPSA) is 68.2 Å². The second kappa shape index (κ2) is 7.23. The molecule has 0 spiro atoms. The molecule has 0 aliphatic rings. The van der Waals surface area contributed by atoms with Gasteiger partial charge in [0.1, 0.15) is 11.4 Å². The van der Waals surface area contributed by atoms with Crippen molar-refractivity contribution in [2.45, 2.75) is 20.8 Å². The van der Waals surface area contributed by atoms with Crippen LogP contribution in [0.4, 0.5) is 11.5 Å². The Morgan fingerprint density at radius 2 is 2.00 bits per heavy atom. The lowest BCUT2D eigenvalue weighted by molar-refractivity contribution is 0.0526. The Kier molecular flexibility index (Phi) is 5.33. The summed E-state index contributed by atoms with van der Waals surface area (Å²) in [5, 5.41) is 10.8. The highest BCUT2D eigenvalue weighted by Gasteiger charge is 2.22. The van der Waals surface area contributed by atoms with Gasteiger partial charge in [-0.15, -0.1) is 0 Å². The average molecular weight is 332 g/mol. The van der Waals surface area contributed by atoms with Crippen LogP contribution in [0.25, 0.3) is 0 Å². The molecule has 2 N–H and O–H groups in total. The van der Waals surface area contributed by atoms with Gasteiger partial charge in [-0.1, -0.05) is 18.2 Å². The van der Waals surface area contributed by atoms with Gasteiger partial charge in [0.25, 0.3) is 0 Å². The Morgan fingerprint density at radius 1 is 1.30 bits per heavy atom. The predicted molar refractivity (Wildman–Crippen MR) is 94.9 cm³/mol. The summed E-state index contributed by atoms with van der Waals surface area (Å²) in [6.07, 6.45) is 0. The van der Waals surface area contributed by atoms with E-state index in [-0.39, 0.29) is 0 Å². The van der Waals surface area contributed by atoms with Crippen LogP contribution in [0.1, 0.15) is 28.5 Å². The third kappa shape index (κ3) is 3.87. The first kappa shape index (κ1) is 17.0. The molecular formula is C16H20N4O2S. The third-order valence-electron chi connectivity index (χ3n) is 3.33. The molecule has 0 atom stereocenters. The van der Waals surface area contributed by atoms with Gasteiger partial charge in [0, 0.05) is 12.7 Å². The van der Waals surface area contributed by atoms with Gasteiger partial charge in [0.15, 0.2) is 5.11 Å². The molecule has 0 aliphatic carbocycles. The van der Waals surface area contributed by atoms with Crippen LogP contribution in [0.3, 0.4) is 0 Å². The van der Waals surface area contributed by atoms with Crippen molar-refractivity contribution in [2.75, 3.05) is 17.2 Å². The number of rotatable bonds is 4. The van der Waals surface area contributed by atoms with Gasteiger partial charge in [0.2, 0.25) is 0 Å². The number of hydrogen-bond donors (Lipinski definition) is 2. The Morgan fingerprint density at radius 3 is 2.65 bits per heavy atom. The summed E-state index contributed by atoms with van der Waals surface area (Å²) in [7, 11) is 1.74. The smallest absolute Gasteiger partial charge is 0.343 e. The molecule has 2 rings (SSSR count). The molecule has 0 fully saturated rings. The fraction of sp³-hybridized carbons (Fsp3) is 0.312. The Labute approximate surface area is 140 Å². The van der Waals surface area contributed by atoms with Gasteiger partial charge >= 0.3 is 5.97 Å². The summed E-state index contributed by atoms with van der Waals surface area (Å²) in [6, 6.07) is 7.81. The highest BCUT2D eigenvalue weighted by Crippen LogP contribution is 2.21. The molecule has 7 heteroatoms. The molecular weight excluding hydrogens is 312 g/mol. The summed E-state index contributed by atoms with van der Waals surface area (Å²) in [4.78, 5) is 12.1. The van der Waals surface area contributed by atoms with E-state index in [1.807, 2.05) is 31.2 Å². The first-order chi connectivity index (χ1) is 10.9. The number of carbonyl (C=O) groups is 1. The lowest BCUT2D eigenvalue weighted by Gasteiger charge is -2.13. The summed E-state index contributed by atoms with van der Waals surface area (Å²) in [5.74, 6) is 0.0892. The van der Waals surface area contributed by atoms with E-state index in [0.29, 0.717) is 28.8 Å². The van der Waals surface area contributed by atoms with Crippen molar-refractivity contribution in [3.8, 4) is 0 Å². The zero-order valence-electron chi connectivity index (χ0n) is 13.6. The van der Waals surface area contributed by atoms with Crippen molar-refractivity contribution >= 4 is 34.8 Å². The highest BCUT2D eigenvalue weighted by molar-refractivity contribution is 7.80. The van der Waals surface area contributed by atoms with Gasteiger partial charge in [-0.05, 0) is 44.6 Å². The fourth-order valence-electron chi connectivity index (χ4n) is 2.22. The molecule has 0 aliphatic heterocycles. The number of anilines is 2. The van der Waals surface area contributed by atoms with Crippen LogP contribution in [-0.4, -0.2) is 27.5 Å². The van der Waals surface area contributed by atoms with Crippen LogP contribution in [0.2, 0.25) is 0 Å². The molecule has 1 aromatic carbocycles. The lowest BCUT2D eigenvalue weighted by Crippen LogP contribution is -2.23. The summed E-state index contributed by atoms with van der Waals surface area (Å²) < 4.78 is 6.66. The van der Waals surface area contributed by atoms with Crippen LogP contribution in [0, 0.1) is 13.8 Å². The van der Waals surface area contributed by atoms with E-state index in [0.717, 1.165) is 11.3 Å². The molecule has 122 valence electrons. The summed E-state index contributed by atoms with van der Waals surface area (Å²) >= 11 is 5.34. The largest absolute Gasteiger partial charge is 0.462 e. The zero-order chi connectivity index (χ0) is 17.0. The van der Waals surface area contributed by atoms with E-state index < -0.39 is 5.97 Å². The number of aryl methyl sites for hydroxylation is 3. The molecule has 2 aromatic rings. The maximum absolute atomic E-state index is 12.1. The number of nitrogens with zero attached hydrogens (tertiary/aromatic N) is 2. The van der Waals surface area contributed by atoms with Crippen molar-refractivity contribution in [1.29, 1.82) is 0 Å². The fourth-order valence-corrected chi connectivity index (χ4v) is 2.43. The normalized spacial score (nSPS) is 10.3. The minimum atomic E-state index is -0.417. The Hall–Kier alpha value is -2.41. The van der Waals surface area contributed by atoms with Gasteiger partial charge < -0.3 is 15.4 Å². The average Bonchev–Trinajstić information content (AvgIpc) is 2.76. The van der Waals surface area contributed by atoms with E-state index in [1.54, 1.807) is 25.6 Å². The van der Waals surface area contributed by atoms with Crippen LogP contribution >= 0.6 is 12.2 Å². The Balaban J connectivity index is 2.21. The predicted octanol–water partition coefficient (Wildman–Crippen LogP) is 3.02. The first-order valence-corrected chi connectivity index (χ1v) is 7.69. The quantitative estimate of drug-likeness (QED) is 0.663. The molecule has 23 heavy (non-hydrogen) atoms. The van der Waals surface area contributed by atoms with E-state index in [1.165, 1.54) is 0 Å². The monoisotopic (exact) mass is 332 g/mol. The van der Waals surface area contributed by atoms with Crippen molar-refractivity contribution in [1.82, 2.24) is 9.78 Å². The van der Waals surface area contributed by atoms with E-state index in [4.69, 9.17) is 17.0 Å². The van der Waals surface area contributed by atoms with Crippen LogP contribution in [-0.2, 0) is 11.8 Å². The van der Waals surface area contributed by atoms with E-state index >= 15 is 0 Å². The van der Waals surface area contributed by atoms with E-state index in [2.05, 4.69) is 15.7 Å².